The van der Waals surface area contributed by atoms with Crippen LogP contribution < -0.4 is 0 Å². The quantitative estimate of drug-likeness (QED) is 0.675. The summed E-state index contributed by atoms with van der Waals surface area (Å²) >= 11 is 0. The monoisotopic (exact) mass is 190 g/mol. The van der Waals surface area contributed by atoms with Gasteiger partial charge in [0.15, 0.2) is 12.6 Å². The summed E-state index contributed by atoms with van der Waals surface area (Å²) in [6.45, 7) is 10.5. The maximum absolute atomic E-state index is 8.88. The van der Waals surface area contributed by atoms with Crippen molar-refractivity contribution in [1.29, 1.82) is 0 Å². The minimum absolute atomic E-state index is 0.282. The molecule has 0 heterocycles. The summed E-state index contributed by atoms with van der Waals surface area (Å²) in [5.41, 5.74) is 0.282. The third-order valence-electron chi connectivity index (χ3n) is 1.59. The molecule has 0 spiro atoms. The van der Waals surface area contributed by atoms with Crippen molar-refractivity contribution < 1.29 is 14.6 Å². The van der Waals surface area contributed by atoms with Gasteiger partial charge in [-0.25, -0.2) is 0 Å². The fourth-order valence-corrected chi connectivity index (χ4v) is 0.848. The number of ether oxygens (including phenoxy) is 2. The van der Waals surface area contributed by atoms with Crippen molar-refractivity contribution in [3.8, 4) is 0 Å². The molecule has 0 aromatic carbocycles. The molecule has 0 saturated carbocycles. The summed E-state index contributed by atoms with van der Waals surface area (Å²) in [7, 11) is 0. The molecule has 0 amide bonds. The Labute approximate surface area is 81.0 Å². The van der Waals surface area contributed by atoms with Gasteiger partial charge in [-0.2, -0.15) is 0 Å². The van der Waals surface area contributed by atoms with Gasteiger partial charge in [0.2, 0.25) is 0 Å². The average Bonchev–Trinajstić information content (AvgIpc) is 1.81. The summed E-state index contributed by atoms with van der Waals surface area (Å²) < 4.78 is 10.3. The zero-order chi connectivity index (χ0) is 10.5. The van der Waals surface area contributed by atoms with Crippen LogP contribution in [0, 0.1) is 5.41 Å². The van der Waals surface area contributed by atoms with E-state index in [-0.39, 0.29) is 11.7 Å². The molecule has 3 nitrogen and oxygen atoms in total. The first-order chi connectivity index (χ1) is 5.81. The van der Waals surface area contributed by atoms with Gasteiger partial charge in [0.1, 0.15) is 0 Å². The Morgan fingerprint density at radius 1 is 1.23 bits per heavy atom. The number of aliphatic hydroxyl groups excluding tert-OH is 1. The van der Waals surface area contributed by atoms with Crippen LogP contribution in [0.5, 0.6) is 0 Å². The Morgan fingerprint density at radius 2 is 1.77 bits per heavy atom. The van der Waals surface area contributed by atoms with E-state index in [2.05, 4.69) is 20.8 Å². The Kier molecular flexibility index (Phi) is 5.53. The molecule has 0 saturated heterocycles. The molecule has 0 aromatic rings. The van der Waals surface area contributed by atoms with Gasteiger partial charge in [-0.15, -0.1) is 0 Å². The normalized spacial score (nSPS) is 17.1. The van der Waals surface area contributed by atoms with Gasteiger partial charge in [-0.05, 0) is 25.7 Å². The lowest BCUT2D eigenvalue weighted by molar-refractivity contribution is -0.214. The Bertz CT molecular complexity index is 127. The molecule has 1 N–H and O–H groups in total. The van der Waals surface area contributed by atoms with Crippen LogP contribution in [0.3, 0.4) is 0 Å². The predicted molar refractivity (Wildman–Crippen MR) is 52.3 cm³/mol. The minimum atomic E-state index is -0.760. The lowest BCUT2D eigenvalue weighted by Crippen LogP contribution is -2.21. The molecule has 13 heavy (non-hydrogen) atoms. The molecule has 0 aliphatic heterocycles. The number of rotatable bonds is 5. The smallest absolute Gasteiger partial charge is 0.157 e. The second-order valence-corrected chi connectivity index (χ2v) is 4.48. The standard InChI is InChI=1S/C10H22O3/c1-8(11)13-9(2)12-7-6-10(3,4)5/h8-9,11H,6-7H2,1-5H3. The van der Waals surface area contributed by atoms with E-state index in [4.69, 9.17) is 14.6 Å². The first-order valence-electron chi connectivity index (χ1n) is 4.76. The van der Waals surface area contributed by atoms with Crippen LogP contribution in [0.4, 0.5) is 0 Å². The van der Waals surface area contributed by atoms with Crippen molar-refractivity contribution in [2.24, 2.45) is 5.41 Å². The van der Waals surface area contributed by atoms with Gasteiger partial charge in [-0.3, -0.25) is 0 Å². The van der Waals surface area contributed by atoms with Crippen LogP contribution in [0.15, 0.2) is 0 Å². The molecule has 0 aliphatic carbocycles. The topological polar surface area (TPSA) is 38.7 Å². The minimum Gasteiger partial charge on any atom is -0.368 e. The van der Waals surface area contributed by atoms with E-state index < -0.39 is 6.29 Å². The second kappa shape index (κ2) is 5.58. The van der Waals surface area contributed by atoms with Crippen molar-refractivity contribution in [3.05, 3.63) is 0 Å². The number of hydrogen-bond acceptors (Lipinski definition) is 3. The van der Waals surface area contributed by atoms with E-state index in [1.807, 2.05) is 0 Å². The van der Waals surface area contributed by atoms with E-state index in [0.29, 0.717) is 6.61 Å². The molecular weight excluding hydrogens is 168 g/mol. The Balaban J connectivity index is 3.42. The van der Waals surface area contributed by atoms with Crippen molar-refractivity contribution >= 4 is 0 Å². The maximum Gasteiger partial charge on any atom is 0.157 e. The van der Waals surface area contributed by atoms with E-state index in [1.165, 1.54) is 0 Å². The van der Waals surface area contributed by atoms with Gasteiger partial charge in [0.05, 0.1) is 6.61 Å². The highest BCUT2D eigenvalue weighted by Gasteiger charge is 2.11. The zero-order valence-electron chi connectivity index (χ0n) is 9.33. The van der Waals surface area contributed by atoms with E-state index in [1.54, 1.807) is 13.8 Å². The van der Waals surface area contributed by atoms with E-state index in [0.717, 1.165) is 6.42 Å². The fourth-order valence-electron chi connectivity index (χ4n) is 0.848. The third kappa shape index (κ3) is 9.80. The van der Waals surface area contributed by atoms with Crippen LogP contribution >= 0.6 is 0 Å². The first-order valence-corrected chi connectivity index (χ1v) is 4.76. The molecule has 0 aliphatic rings. The number of hydrogen-bond donors (Lipinski definition) is 1. The summed E-state index contributed by atoms with van der Waals surface area (Å²) in [4.78, 5) is 0. The van der Waals surface area contributed by atoms with Crippen molar-refractivity contribution in [3.63, 3.8) is 0 Å². The van der Waals surface area contributed by atoms with Crippen LogP contribution in [-0.4, -0.2) is 24.3 Å². The van der Waals surface area contributed by atoms with Crippen molar-refractivity contribution in [1.82, 2.24) is 0 Å². The second-order valence-electron chi connectivity index (χ2n) is 4.48. The van der Waals surface area contributed by atoms with E-state index >= 15 is 0 Å². The summed E-state index contributed by atoms with van der Waals surface area (Å²) in [6, 6.07) is 0. The van der Waals surface area contributed by atoms with Gasteiger partial charge < -0.3 is 14.6 Å². The van der Waals surface area contributed by atoms with Crippen LogP contribution in [0.25, 0.3) is 0 Å². The molecule has 2 unspecified atom stereocenters. The molecule has 2 atom stereocenters. The molecule has 0 bridgehead atoms. The van der Waals surface area contributed by atoms with Crippen molar-refractivity contribution in [2.75, 3.05) is 6.61 Å². The third-order valence-corrected chi connectivity index (χ3v) is 1.59. The van der Waals surface area contributed by atoms with Crippen LogP contribution in [0.1, 0.15) is 41.0 Å². The Morgan fingerprint density at radius 3 is 2.15 bits per heavy atom. The van der Waals surface area contributed by atoms with Gasteiger partial charge >= 0.3 is 0 Å². The average molecular weight is 190 g/mol. The van der Waals surface area contributed by atoms with Gasteiger partial charge in [0, 0.05) is 0 Å². The summed E-state index contributed by atoms with van der Waals surface area (Å²) in [5.74, 6) is 0. The van der Waals surface area contributed by atoms with Gasteiger partial charge in [-0.1, -0.05) is 20.8 Å². The molecule has 0 aromatic heterocycles. The molecule has 0 radical (unpaired) electrons. The number of aliphatic hydroxyl groups is 1. The van der Waals surface area contributed by atoms with Gasteiger partial charge in [0.25, 0.3) is 0 Å². The molecule has 0 fully saturated rings. The first kappa shape index (κ1) is 12.9. The highest BCUT2D eigenvalue weighted by molar-refractivity contribution is 4.59. The van der Waals surface area contributed by atoms with Crippen molar-refractivity contribution in [2.45, 2.75) is 53.6 Å². The highest BCUT2D eigenvalue weighted by Crippen LogP contribution is 2.18. The fraction of sp³-hybridized carbons (Fsp3) is 1.00. The lowest BCUT2D eigenvalue weighted by Gasteiger charge is -2.20. The largest absolute Gasteiger partial charge is 0.368 e. The zero-order valence-corrected chi connectivity index (χ0v) is 9.33. The predicted octanol–water partition coefficient (Wildman–Crippen LogP) is 2.14. The highest BCUT2D eigenvalue weighted by atomic mass is 16.7. The molecule has 3 heteroatoms. The van der Waals surface area contributed by atoms with Crippen LogP contribution in [-0.2, 0) is 9.47 Å². The van der Waals surface area contributed by atoms with E-state index in [9.17, 15) is 0 Å². The van der Waals surface area contributed by atoms with Crippen LogP contribution in [0.2, 0.25) is 0 Å². The summed E-state index contributed by atoms with van der Waals surface area (Å²) in [6.07, 6.45) is -0.104. The molecular formula is C10H22O3. The SMILES string of the molecule is CC(O)OC(C)OCCC(C)(C)C. The maximum atomic E-state index is 8.88. The lowest BCUT2D eigenvalue weighted by atomic mass is 9.93. The Hall–Kier alpha value is -0.120. The molecule has 80 valence electrons. The summed E-state index contributed by atoms with van der Waals surface area (Å²) in [5, 5.41) is 8.88. The molecule has 0 rings (SSSR count).